The highest BCUT2D eigenvalue weighted by molar-refractivity contribution is 5.65. The highest BCUT2D eigenvalue weighted by atomic mass is 16.5. The fraction of sp³-hybridized carbons (Fsp3) is 0.286. The van der Waals surface area contributed by atoms with Crippen LogP contribution in [0.3, 0.4) is 0 Å². The first-order valence-corrected chi connectivity index (χ1v) is 8.92. The largest absolute Gasteiger partial charge is 0.495 e. The Morgan fingerprint density at radius 1 is 1.04 bits per heavy atom. The number of aryl methyl sites for hydroxylation is 2. The second-order valence-electron chi connectivity index (χ2n) is 6.55. The Labute approximate surface area is 160 Å². The summed E-state index contributed by atoms with van der Waals surface area (Å²) >= 11 is 0. The predicted molar refractivity (Wildman–Crippen MR) is 109 cm³/mol. The summed E-state index contributed by atoms with van der Waals surface area (Å²) in [5.41, 5.74) is 4.19. The number of aromatic nitrogens is 3. The molecule has 0 spiro atoms. The zero-order valence-electron chi connectivity index (χ0n) is 16.2. The molecule has 0 unspecified atom stereocenters. The van der Waals surface area contributed by atoms with Gasteiger partial charge >= 0.3 is 0 Å². The van der Waals surface area contributed by atoms with Crippen LogP contribution in [0, 0.1) is 13.8 Å². The molecular weight excluding hydrogens is 338 g/mol. The zero-order valence-corrected chi connectivity index (χ0v) is 16.2. The van der Waals surface area contributed by atoms with Gasteiger partial charge in [0.15, 0.2) is 0 Å². The van der Waals surface area contributed by atoms with Gasteiger partial charge in [0.25, 0.3) is 0 Å². The van der Waals surface area contributed by atoms with Crippen molar-refractivity contribution < 1.29 is 4.74 Å². The number of ether oxygens (including phenoxy) is 1. The van der Waals surface area contributed by atoms with Crippen LogP contribution in [-0.4, -0.2) is 35.7 Å². The van der Waals surface area contributed by atoms with E-state index in [0.717, 1.165) is 41.5 Å². The molecule has 0 saturated carbocycles. The number of hydrogen-bond donors (Lipinski definition) is 1. The number of nitrogens with one attached hydrogen (secondary N) is 1. The van der Waals surface area contributed by atoms with Gasteiger partial charge in [-0.2, -0.15) is 4.98 Å². The monoisotopic (exact) mass is 363 g/mol. The molecule has 140 valence electrons. The van der Waals surface area contributed by atoms with Crippen molar-refractivity contribution in [2.75, 3.05) is 30.9 Å². The van der Waals surface area contributed by atoms with Gasteiger partial charge in [0, 0.05) is 37.7 Å². The molecule has 0 amide bonds. The Bertz CT molecular complexity index is 898. The molecule has 0 aliphatic carbocycles. The number of rotatable bonds is 7. The topological polar surface area (TPSA) is 63.2 Å². The minimum atomic E-state index is 0.693. The molecule has 0 fully saturated rings. The van der Waals surface area contributed by atoms with Gasteiger partial charge in [0.05, 0.1) is 12.8 Å². The van der Waals surface area contributed by atoms with E-state index in [9.17, 15) is 0 Å². The summed E-state index contributed by atoms with van der Waals surface area (Å²) < 4.78 is 5.45. The summed E-state index contributed by atoms with van der Waals surface area (Å²) in [7, 11) is 3.67. The Balaban J connectivity index is 1.77. The third-order valence-electron chi connectivity index (χ3n) is 4.29. The molecule has 0 saturated heterocycles. The lowest BCUT2D eigenvalue weighted by Gasteiger charge is -2.19. The lowest BCUT2D eigenvalue weighted by Crippen LogP contribution is -2.23. The van der Waals surface area contributed by atoms with Gasteiger partial charge in [-0.1, -0.05) is 6.07 Å². The van der Waals surface area contributed by atoms with E-state index < -0.39 is 0 Å². The summed E-state index contributed by atoms with van der Waals surface area (Å²) in [5.74, 6) is 2.22. The highest BCUT2D eigenvalue weighted by Gasteiger charge is 2.10. The van der Waals surface area contributed by atoms with E-state index in [1.54, 1.807) is 7.11 Å². The van der Waals surface area contributed by atoms with Gasteiger partial charge in [-0.05, 0) is 55.7 Å². The molecule has 0 bridgehead atoms. The Kier molecular flexibility index (Phi) is 5.86. The van der Waals surface area contributed by atoms with E-state index in [4.69, 9.17) is 4.74 Å². The molecule has 3 aromatic rings. The maximum atomic E-state index is 5.45. The molecule has 1 N–H and O–H groups in total. The second-order valence-corrected chi connectivity index (χ2v) is 6.55. The fourth-order valence-corrected chi connectivity index (χ4v) is 2.79. The lowest BCUT2D eigenvalue weighted by atomic mass is 10.2. The van der Waals surface area contributed by atoms with Crippen LogP contribution in [0.2, 0.25) is 0 Å². The van der Waals surface area contributed by atoms with Crippen LogP contribution < -0.4 is 15.0 Å². The van der Waals surface area contributed by atoms with Crippen molar-refractivity contribution in [2.45, 2.75) is 20.3 Å². The molecule has 0 aliphatic rings. The lowest BCUT2D eigenvalue weighted by molar-refractivity contribution is 0.416. The van der Waals surface area contributed by atoms with Gasteiger partial charge in [-0.25, -0.2) is 4.98 Å². The first kappa shape index (κ1) is 18.6. The molecule has 6 heteroatoms. The molecule has 2 heterocycles. The molecule has 0 aliphatic heterocycles. The summed E-state index contributed by atoms with van der Waals surface area (Å²) in [6.45, 7) is 4.84. The van der Waals surface area contributed by atoms with E-state index in [2.05, 4.69) is 25.2 Å². The molecule has 3 rings (SSSR count). The zero-order chi connectivity index (χ0) is 19.2. The van der Waals surface area contributed by atoms with Crippen LogP contribution in [0.25, 0.3) is 0 Å². The van der Waals surface area contributed by atoms with Crippen molar-refractivity contribution in [2.24, 2.45) is 0 Å². The van der Waals surface area contributed by atoms with Crippen molar-refractivity contribution in [3.63, 3.8) is 0 Å². The number of benzene rings is 1. The number of anilines is 3. The summed E-state index contributed by atoms with van der Waals surface area (Å²) in [6.07, 6.45) is 4.54. The fourth-order valence-electron chi connectivity index (χ4n) is 2.79. The smallest absolute Gasteiger partial charge is 0.227 e. The van der Waals surface area contributed by atoms with E-state index in [1.807, 2.05) is 69.7 Å². The molecule has 6 nitrogen and oxygen atoms in total. The Morgan fingerprint density at radius 2 is 1.81 bits per heavy atom. The van der Waals surface area contributed by atoms with Crippen LogP contribution in [0.4, 0.5) is 17.5 Å². The molecule has 27 heavy (non-hydrogen) atoms. The quantitative estimate of drug-likeness (QED) is 0.686. The third-order valence-corrected chi connectivity index (χ3v) is 4.29. The van der Waals surface area contributed by atoms with E-state index in [0.29, 0.717) is 5.95 Å². The second kappa shape index (κ2) is 8.49. The van der Waals surface area contributed by atoms with E-state index in [1.165, 1.54) is 5.56 Å². The first-order valence-electron chi connectivity index (χ1n) is 8.92. The maximum absolute atomic E-state index is 5.45. The average Bonchev–Trinajstić information content (AvgIpc) is 2.66. The van der Waals surface area contributed by atoms with Gasteiger partial charge in [-0.3, -0.25) is 4.98 Å². The Morgan fingerprint density at radius 3 is 2.56 bits per heavy atom. The normalized spacial score (nSPS) is 10.5. The van der Waals surface area contributed by atoms with Crippen LogP contribution in [0.15, 0.2) is 48.8 Å². The van der Waals surface area contributed by atoms with Gasteiger partial charge in [0.2, 0.25) is 5.95 Å². The van der Waals surface area contributed by atoms with Crippen LogP contribution in [0.5, 0.6) is 5.75 Å². The van der Waals surface area contributed by atoms with Gasteiger partial charge in [0.1, 0.15) is 11.6 Å². The first-order chi connectivity index (χ1) is 13.0. The molecular formula is C21H25N5O. The van der Waals surface area contributed by atoms with Crippen LogP contribution >= 0.6 is 0 Å². The summed E-state index contributed by atoms with van der Waals surface area (Å²) in [4.78, 5) is 15.4. The van der Waals surface area contributed by atoms with Crippen molar-refractivity contribution in [3.8, 4) is 5.75 Å². The summed E-state index contributed by atoms with van der Waals surface area (Å²) in [6, 6.07) is 12.0. The van der Waals surface area contributed by atoms with Crippen molar-refractivity contribution >= 4 is 17.5 Å². The number of pyridine rings is 1. The number of likely N-dealkylation sites (N-methyl/N-ethyl adjacent to an activating group) is 1. The minimum Gasteiger partial charge on any atom is -0.495 e. The molecule has 0 radical (unpaired) electrons. The van der Waals surface area contributed by atoms with Crippen LogP contribution in [0.1, 0.15) is 16.8 Å². The van der Waals surface area contributed by atoms with Gasteiger partial charge < -0.3 is 15.0 Å². The van der Waals surface area contributed by atoms with Crippen molar-refractivity contribution in [1.29, 1.82) is 0 Å². The average molecular weight is 363 g/mol. The molecule has 2 aromatic heterocycles. The SMILES string of the molecule is COc1ccc(C)cc1Nc1cc(C)nc(N(C)CCc2ccncc2)n1. The summed E-state index contributed by atoms with van der Waals surface area (Å²) in [5, 5.41) is 3.36. The maximum Gasteiger partial charge on any atom is 0.227 e. The molecule has 1 aromatic carbocycles. The third kappa shape index (κ3) is 4.94. The standard InChI is InChI=1S/C21H25N5O/c1-15-5-6-19(27-4)18(13-15)24-20-14-16(2)23-21(25-20)26(3)12-9-17-7-10-22-11-8-17/h5-8,10-11,13-14H,9,12H2,1-4H3,(H,23,24,25). The van der Waals surface area contributed by atoms with Crippen molar-refractivity contribution in [1.82, 2.24) is 15.0 Å². The highest BCUT2D eigenvalue weighted by Crippen LogP contribution is 2.28. The van der Waals surface area contributed by atoms with Gasteiger partial charge in [-0.15, -0.1) is 0 Å². The molecule has 0 atom stereocenters. The van der Waals surface area contributed by atoms with E-state index >= 15 is 0 Å². The number of nitrogens with zero attached hydrogens (tertiary/aromatic N) is 4. The van der Waals surface area contributed by atoms with Crippen molar-refractivity contribution in [3.05, 3.63) is 65.6 Å². The number of methoxy groups -OCH3 is 1. The van der Waals surface area contributed by atoms with E-state index in [-0.39, 0.29) is 0 Å². The minimum absolute atomic E-state index is 0.693. The Hall–Kier alpha value is -3.15. The van der Waals surface area contributed by atoms with Crippen LogP contribution in [-0.2, 0) is 6.42 Å². The predicted octanol–water partition coefficient (Wildman–Crippen LogP) is 3.92. The number of hydrogen-bond acceptors (Lipinski definition) is 6.